The Bertz CT molecular complexity index is 618. The third-order valence-corrected chi connectivity index (χ3v) is 2.85. The van der Waals surface area contributed by atoms with Gasteiger partial charge in [0, 0.05) is 5.56 Å². The lowest BCUT2D eigenvalue weighted by atomic mass is 10.1. The Morgan fingerprint density at radius 2 is 2.00 bits per heavy atom. The smallest absolute Gasteiger partial charge is 0.270 e. The topological polar surface area (TPSA) is 80.0 Å². The molecule has 0 aliphatic heterocycles. The maximum atomic E-state index is 13.6. The summed E-state index contributed by atoms with van der Waals surface area (Å²) in [4.78, 5) is 16.1. The number of nitrogens with one attached hydrogen (secondary N) is 2. The van der Waals surface area contributed by atoms with Crippen LogP contribution in [0.1, 0.15) is 29.0 Å². The van der Waals surface area contributed by atoms with Gasteiger partial charge < -0.3 is 10.7 Å². The first kappa shape index (κ1) is 14.0. The summed E-state index contributed by atoms with van der Waals surface area (Å²) in [5.74, 6) is 4.88. The molecule has 2 aromatic rings. The molecule has 1 amide bonds. The maximum Gasteiger partial charge on any atom is 0.270 e. The molecule has 104 valence electrons. The highest BCUT2D eigenvalue weighted by Crippen LogP contribution is 2.16. The lowest BCUT2D eigenvalue weighted by Gasteiger charge is -2.15. The number of hydrazine groups is 1. The van der Waals surface area contributed by atoms with E-state index in [0.29, 0.717) is 11.4 Å². The summed E-state index contributed by atoms with van der Waals surface area (Å²) >= 11 is 0. The van der Waals surface area contributed by atoms with E-state index >= 15 is 0 Å². The molecule has 6 heteroatoms. The molecular weight excluding hydrogens is 259 g/mol. The lowest BCUT2D eigenvalue weighted by molar-refractivity contribution is 0.0934. The van der Waals surface area contributed by atoms with Crippen LogP contribution in [0, 0.1) is 5.82 Å². The number of nitrogens with zero attached hydrogens (tertiary/aromatic N) is 1. The van der Waals surface area contributed by atoms with E-state index in [-0.39, 0.29) is 11.5 Å². The van der Waals surface area contributed by atoms with Crippen molar-refractivity contribution >= 4 is 11.7 Å². The molecule has 1 aromatic carbocycles. The van der Waals surface area contributed by atoms with Crippen LogP contribution >= 0.6 is 0 Å². The SMILES string of the molecule is CC(NC(=O)c1cccc(NN)n1)c1ccccc1F. The summed E-state index contributed by atoms with van der Waals surface area (Å²) in [5.41, 5.74) is 3.00. The number of halogens is 1. The molecule has 0 radical (unpaired) electrons. The molecule has 1 heterocycles. The van der Waals surface area contributed by atoms with Crippen molar-refractivity contribution in [1.82, 2.24) is 10.3 Å². The maximum absolute atomic E-state index is 13.6. The number of nitrogen functional groups attached to an aromatic ring is 1. The number of aromatic nitrogens is 1. The molecule has 5 nitrogen and oxygen atoms in total. The van der Waals surface area contributed by atoms with Crippen LogP contribution in [-0.2, 0) is 0 Å². The highest BCUT2D eigenvalue weighted by atomic mass is 19.1. The second-order valence-corrected chi connectivity index (χ2v) is 4.27. The third-order valence-electron chi connectivity index (χ3n) is 2.85. The quantitative estimate of drug-likeness (QED) is 0.588. The molecule has 1 aromatic heterocycles. The molecule has 1 atom stereocenters. The van der Waals surface area contributed by atoms with Gasteiger partial charge in [-0.05, 0) is 25.1 Å². The zero-order valence-corrected chi connectivity index (χ0v) is 10.9. The zero-order chi connectivity index (χ0) is 14.5. The van der Waals surface area contributed by atoms with Crippen LogP contribution in [-0.4, -0.2) is 10.9 Å². The van der Waals surface area contributed by atoms with E-state index in [4.69, 9.17) is 5.84 Å². The van der Waals surface area contributed by atoms with Gasteiger partial charge in [-0.3, -0.25) is 4.79 Å². The number of carbonyl (C=O) groups is 1. The third kappa shape index (κ3) is 3.10. The monoisotopic (exact) mass is 274 g/mol. The van der Waals surface area contributed by atoms with Gasteiger partial charge in [-0.1, -0.05) is 24.3 Å². The van der Waals surface area contributed by atoms with E-state index < -0.39 is 11.9 Å². The molecular formula is C14H15FN4O. The second kappa shape index (κ2) is 6.12. The number of benzene rings is 1. The molecule has 0 saturated carbocycles. The van der Waals surface area contributed by atoms with Crippen LogP contribution in [0.4, 0.5) is 10.2 Å². The minimum absolute atomic E-state index is 0.212. The van der Waals surface area contributed by atoms with Crippen LogP contribution in [0.3, 0.4) is 0 Å². The molecule has 0 aliphatic carbocycles. The van der Waals surface area contributed by atoms with E-state index in [1.807, 2.05) is 0 Å². The van der Waals surface area contributed by atoms with Gasteiger partial charge in [0.05, 0.1) is 6.04 Å². The van der Waals surface area contributed by atoms with Gasteiger partial charge in [0.25, 0.3) is 5.91 Å². The number of pyridine rings is 1. The zero-order valence-electron chi connectivity index (χ0n) is 10.9. The highest BCUT2D eigenvalue weighted by molar-refractivity contribution is 5.92. The van der Waals surface area contributed by atoms with E-state index in [1.54, 1.807) is 43.3 Å². The summed E-state index contributed by atoms with van der Waals surface area (Å²) < 4.78 is 13.6. The predicted octanol–water partition coefficient (Wildman–Crippen LogP) is 2.00. The van der Waals surface area contributed by atoms with E-state index in [0.717, 1.165) is 0 Å². The van der Waals surface area contributed by atoms with Crippen molar-refractivity contribution in [2.75, 3.05) is 5.43 Å². The molecule has 0 aliphatic rings. The summed E-state index contributed by atoms with van der Waals surface area (Å²) in [7, 11) is 0. The van der Waals surface area contributed by atoms with Crippen LogP contribution in [0.15, 0.2) is 42.5 Å². The summed E-state index contributed by atoms with van der Waals surface area (Å²) in [6.45, 7) is 1.71. The van der Waals surface area contributed by atoms with Crippen molar-refractivity contribution in [3.63, 3.8) is 0 Å². The number of carbonyl (C=O) groups excluding carboxylic acids is 1. The van der Waals surface area contributed by atoms with E-state index in [9.17, 15) is 9.18 Å². The van der Waals surface area contributed by atoms with Crippen molar-refractivity contribution in [2.45, 2.75) is 13.0 Å². The standard InChI is InChI=1S/C14H15FN4O/c1-9(10-5-2-3-6-11(10)15)17-14(20)12-7-4-8-13(18-12)19-16/h2-9H,16H2,1H3,(H,17,20)(H,18,19). The first-order chi connectivity index (χ1) is 9.61. The molecule has 0 saturated heterocycles. The fourth-order valence-electron chi connectivity index (χ4n) is 1.82. The first-order valence-electron chi connectivity index (χ1n) is 6.11. The van der Waals surface area contributed by atoms with Crippen molar-refractivity contribution < 1.29 is 9.18 Å². The van der Waals surface area contributed by atoms with Crippen LogP contribution < -0.4 is 16.6 Å². The van der Waals surface area contributed by atoms with E-state index in [1.165, 1.54) is 6.07 Å². The normalized spacial score (nSPS) is 11.8. The van der Waals surface area contributed by atoms with Gasteiger partial charge in [0.1, 0.15) is 17.3 Å². The van der Waals surface area contributed by atoms with Crippen molar-refractivity contribution in [1.29, 1.82) is 0 Å². The van der Waals surface area contributed by atoms with Gasteiger partial charge >= 0.3 is 0 Å². The highest BCUT2D eigenvalue weighted by Gasteiger charge is 2.15. The lowest BCUT2D eigenvalue weighted by Crippen LogP contribution is -2.28. The van der Waals surface area contributed by atoms with Crippen LogP contribution in [0.25, 0.3) is 0 Å². The average molecular weight is 274 g/mol. The summed E-state index contributed by atoms with van der Waals surface area (Å²) in [6, 6.07) is 10.7. The summed E-state index contributed by atoms with van der Waals surface area (Å²) in [5, 5.41) is 2.69. The Kier molecular flexibility index (Phi) is 4.27. The van der Waals surface area contributed by atoms with Crippen molar-refractivity contribution in [3.05, 3.63) is 59.5 Å². The largest absolute Gasteiger partial charge is 0.344 e. The van der Waals surface area contributed by atoms with Gasteiger partial charge in [0.15, 0.2) is 0 Å². The number of hydrogen-bond donors (Lipinski definition) is 3. The fraction of sp³-hybridized carbons (Fsp3) is 0.143. The predicted molar refractivity (Wildman–Crippen MR) is 74.3 cm³/mol. The Morgan fingerprint density at radius 1 is 1.25 bits per heavy atom. The molecule has 0 spiro atoms. The molecule has 1 unspecified atom stereocenters. The molecule has 20 heavy (non-hydrogen) atoms. The Morgan fingerprint density at radius 3 is 2.70 bits per heavy atom. The molecule has 4 N–H and O–H groups in total. The first-order valence-corrected chi connectivity index (χ1v) is 6.11. The molecule has 2 rings (SSSR count). The molecule has 0 bridgehead atoms. The Balaban J connectivity index is 2.13. The average Bonchev–Trinajstić information content (AvgIpc) is 2.47. The van der Waals surface area contributed by atoms with Crippen LogP contribution in [0.5, 0.6) is 0 Å². The van der Waals surface area contributed by atoms with Gasteiger partial charge in [0.2, 0.25) is 0 Å². The van der Waals surface area contributed by atoms with Gasteiger partial charge in [-0.25, -0.2) is 15.2 Å². The second-order valence-electron chi connectivity index (χ2n) is 4.27. The Labute approximate surface area is 116 Å². The van der Waals surface area contributed by atoms with Gasteiger partial charge in [-0.15, -0.1) is 0 Å². The Hall–Kier alpha value is -2.47. The number of anilines is 1. The number of rotatable bonds is 4. The number of amides is 1. The minimum Gasteiger partial charge on any atom is -0.344 e. The number of nitrogens with two attached hydrogens (primary N) is 1. The van der Waals surface area contributed by atoms with Crippen molar-refractivity contribution in [3.8, 4) is 0 Å². The van der Waals surface area contributed by atoms with Crippen molar-refractivity contribution in [2.24, 2.45) is 5.84 Å². The fourth-order valence-corrected chi connectivity index (χ4v) is 1.82. The van der Waals surface area contributed by atoms with Gasteiger partial charge in [-0.2, -0.15) is 0 Å². The molecule has 0 fully saturated rings. The summed E-state index contributed by atoms with van der Waals surface area (Å²) in [6.07, 6.45) is 0. The number of hydrogen-bond acceptors (Lipinski definition) is 4. The van der Waals surface area contributed by atoms with E-state index in [2.05, 4.69) is 15.7 Å². The van der Waals surface area contributed by atoms with Crippen LogP contribution in [0.2, 0.25) is 0 Å². The minimum atomic E-state index is -0.458.